The van der Waals surface area contributed by atoms with Crippen LogP contribution in [0.25, 0.3) is 0 Å². The molecule has 0 heterocycles. The van der Waals surface area contributed by atoms with E-state index in [1.165, 1.54) is 52.1 Å². The van der Waals surface area contributed by atoms with Gasteiger partial charge in [0.25, 0.3) is 0 Å². The number of carbonyl (C=O) groups is 1. The predicted molar refractivity (Wildman–Crippen MR) is 167 cm³/mol. The summed E-state index contributed by atoms with van der Waals surface area (Å²) >= 11 is 0. The van der Waals surface area contributed by atoms with E-state index in [0.29, 0.717) is 126 Å². The lowest BCUT2D eigenvalue weighted by molar-refractivity contribution is -0.141. The molecule has 0 aromatic carbocycles. The molecular weight excluding hydrogens is 576 g/mol. The first-order chi connectivity index (χ1) is 21.8. The standard InChI is InChI=1S/C32H64O12/c1-3-4-5-6-7-8-9-10-12-35-14-16-37-18-20-39-22-24-41-26-28-43-30-31-44-29-27-42-25-23-40-21-19-38-17-15-36-13-11-32(33)34-2/h3-31H2,1-2H3. The number of methoxy groups -OCH3 is 1. The summed E-state index contributed by atoms with van der Waals surface area (Å²) in [5.74, 6) is -0.282. The smallest absolute Gasteiger partial charge is 0.307 e. The summed E-state index contributed by atoms with van der Waals surface area (Å²) in [6.45, 7) is 12.8. The molecular formula is C32H64O12. The molecule has 0 aromatic rings. The van der Waals surface area contributed by atoms with E-state index in [1.54, 1.807) is 0 Å². The Morgan fingerprint density at radius 1 is 0.341 bits per heavy atom. The molecule has 0 bridgehead atoms. The summed E-state index contributed by atoms with van der Waals surface area (Å²) in [6.07, 6.45) is 10.8. The van der Waals surface area contributed by atoms with Gasteiger partial charge in [0, 0.05) is 6.61 Å². The molecule has 0 rings (SSSR count). The van der Waals surface area contributed by atoms with Crippen molar-refractivity contribution in [1.82, 2.24) is 0 Å². The third-order valence-electron chi connectivity index (χ3n) is 6.17. The molecule has 44 heavy (non-hydrogen) atoms. The summed E-state index contributed by atoms with van der Waals surface area (Å²) in [4.78, 5) is 10.9. The normalized spacial score (nSPS) is 11.4. The molecule has 12 heteroatoms. The van der Waals surface area contributed by atoms with Crippen LogP contribution in [-0.4, -0.2) is 145 Å². The van der Waals surface area contributed by atoms with Gasteiger partial charge in [-0.25, -0.2) is 0 Å². The largest absolute Gasteiger partial charge is 0.469 e. The average Bonchev–Trinajstić information content (AvgIpc) is 3.04. The van der Waals surface area contributed by atoms with Gasteiger partial charge in [0.15, 0.2) is 0 Å². The van der Waals surface area contributed by atoms with Crippen molar-refractivity contribution in [1.29, 1.82) is 0 Å². The Bertz CT molecular complexity index is 541. The van der Waals surface area contributed by atoms with E-state index < -0.39 is 0 Å². The van der Waals surface area contributed by atoms with Crippen molar-refractivity contribution in [3.8, 4) is 0 Å². The number of esters is 1. The van der Waals surface area contributed by atoms with Crippen LogP contribution in [0.15, 0.2) is 0 Å². The van der Waals surface area contributed by atoms with Crippen molar-refractivity contribution >= 4 is 5.97 Å². The van der Waals surface area contributed by atoms with E-state index >= 15 is 0 Å². The van der Waals surface area contributed by atoms with E-state index in [0.717, 1.165) is 13.0 Å². The molecule has 0 fully saturated rings. The van der Waals surface area contributed by atoms with Crippen LogP contribution in [0.4, 0.5) is 0 Å². The first-order valence-corrected chi connectivity index (χ1v) is 16.7. The fraction of sp³-hybridized carbons (Fsp3) is 0.969. The molecule has 0 radical (unpaired) electrons. The highest BCUT2D eigenvalue weighted by Gasteiger charge is 1.99. The van der Waals surface area contributed by atoms with Gasteiger partial charge in [-0.3, -0.25) is 4.79 Å². The van der Waals surface area contributed by atoms with E-state index in [2.05, 4.69) is 11.7 Å². The molecule has 12 nitrogen and oxygen atoms in total. The Balaban J connectivity index is 3.04. The van der Waals surface area contributed by atoms with Crippen molar-refractivity contribution in [2.45, 2.75) is 64.7 Å². The Hall–Kier alpha value is -0.930. The van der Waals surface area contributed by atoms with Gasteiger partial charge in [0.05, 0.1) is 139 Å². The van der Waals surface area contributed by atoms with Gasteiger partial charge >= 0.3 is 5.97 Å². The third-order valence-corrected chi connectivity index (χ3v) is 6.17. The maximum atomic E-state index is 10.9. The van der Waals surface area contributed by atoms with Crippen molar-refractivity contribution in [2.24, 2.45) is 0 Å². The molecule has 0 saturated heterocycles. The zero-order valence-corrected chi connectivity index (χ0v) is 27.9. The Labute approximate surface area is 266 Å². The van der Waals surface area contributed by atoms with E-state index in [-0.39, 0.29) is 12.4 Å². The number of ether oxygens (including phenoxy) is 11. The van der Waals surface area contributed by atoms with Crippen LogP contribution >= 0.6 is 0 Å². The minimum atomic E-state index is -0.282. The SMILES string of the molecule is CCCCCCCCCCOCCOCCOCCOCCOCCOCCOCCOCCOCCOCCC(=O)OC. The summed E-state index contributed by atoms with van der Waals surface area (Å²) in [6, 6.07) is 0. The molecule has 0 amide bonds. The highest BCUT2D eigenvalue weighted by molar-refractivity contribution is 5.69. The van der Waals surface area contributed by atoms with Crippen LogP contribution in [-0.2, 0) is 56.9 Å². The van der Waals surface area contributed by atoms with Gasteiger partial charge in [-0.2, -0.15) is 0 Å². The quantitative estimate of drug-likeness (QED) is 0.0717. The Kier molecular flexibility index (Phi) is 39.2. The van der Waals surface area contributed by atoms with E-state index in [9.17, 15) is 4.79 Å². The molecule has 0 unspecified atom stereocenters. The monoisotopic (exact) mass is 640 g/mol. The second kappa shape index (κ2) is 40.1. The van der Waals surface area contributed by atoms with Gasteiger partial charge < -0.3 is 52.1 Å². The first kappa shape index (κ1) is 43.1. The highest BCUT2D eigenvalue weighted by Crippen LogP contribution is 2.08. The van der Waals surface area contributed by atoms with Crippen molar-refractivity contribution in [3.05, 3.63) is 0 Å². The fourth-order valence-corrected chi connectivity index (χ4v) is 3.68. The van der Waals surface area contributed by atoms with Crippen LogP contribution in [0, 0.1) is 0 Å². The van der Waals surface area contributed by atoms with Crippen LogP contribution in [0.1, 0.15) is 64.7 Å². The number of carbonyl (C=O) groups excluding carboxylic acids is 1. The lowest BCUT2D eigenvalue weighted by Crippen LogP contribution is -2.15. The molecule has 0 saturated carbocycles. The highest BCUT2D eigenvalue weighted by atomic mass is 16.6. The van der Waals surface area contributed by atoms with Gasteiger partial charge in [-0.1, -0.05) is 51.9 Å². The van der Waals surface area contributed by atoms with Crippen LogP contribution in [0.2, 0.25) is 0 Å². The number of rotatable bonds is 39. The minimum Gasteiger partial charge on any atom is -0.469 e. The molecule has 0 atom stereocenters. The van der Waals surface area contributed by atoms with Gasteiger partial charge in [0.2, 0.25) is 0 Å². The molecule has 0 aliphatic carbocycles. The van der Waals surface area contributed by atoms with Crippen LogP contribution in [0.3, 0.4) is 0 Å². The Morgan fingerprint density at radius 3 is 0.886 bits per heavy atom. The van der Waals surface area contributed by atoms with Crippen molar-refractivity contribution < 1.29 is 56.9 Å². The van der Waals surface area contributed by atoms with Gasteiger partial charge in [0.1, 0.15) is 0 Å². The molecule has 0 N–H and O–H groups in total. The summed E-state index contributed by atoms with van der Waals surface area (Å²) in [5, 5.41) is 0. The zero-order chi connectivity index (χ0) is 31.9. The van der Waals surface area contributed by atoms with Gasteiger partial charge in [-0.05, 0) is 6.42 Å². The minimum absolute atomic E-state index is 0.249. The lowest BCUT2D eigenvalue weighted by atomic mass is 10.1. The maximum Gasteiger partial charge on any atom is 0.307 e. The Morgan fingerprint density at radius 2 is 0.591 bits per heavy atom. The van der Waals surface area contributed by atoms with Crippen molar-refractivity contribution in [2.75, 3.05) is 139 Å². The first-order valence-electron chi connectivity index (χ1n) is 16.7. The topological polar surface area (TPSA) is 119 Å². The average molecular weight is 641 g/mol. The van der Waals surface area contributed by atoms with E-state index in [1.807, 2.05) is 0 Å². The third kappa shape index (κ3) is 39.1. The lowest BCUT2D eigenvalue weighted by Gasteiger charge is -2.09. The summed E-state index contributed by atoms with van der Waals surface area (Å²) < 4.78 is 59.1. The van der Waals surface area contributed by atoms with Crippen LogP contribution < -0.4 is 0 Å². The second-order valence-electron chi connectivity index (χ2n) is 9.92. The molecule has 264 valence electrons. The van der Waals surface area contributed by atoms with E-state index in [4.69, 9.17) is 47.4 Å². The summed E-state index contributed by atoms with van der Waals surface area (Å²) in [7, 11) is 1.36. The maximum absolute atomic E-state index is 10.9. The number of unbranched alkanes of at least 4 members (excludes halogenated alkanes) is 7. The van der Waals surface area contributed by atoms with Crippen LogP contribution in [0.5, 0.6) is 0 Å². The summed E-state index contributed by atoms with van der Waals surface area (Å²) in [5.41, 5.74) is 0. The molecule has 0 aliphatic rings. The fourth-order valence-electron chi connectivity index (χ4n) is 3.68. The molecule has 0 aromatic heterocycles. The number of hydrogen-bond donors (Lipinski definition) is 0. The second-order valence-corrected chi connectivity index (χ2v) is 9.92. The predicted octanol–water partition coefficient (Wildman–Crippen LogP) is 3.86. The molecule has 0 aliphatic heterocycles. The molecule has 0 spiro atoms. The van der Waals surface area contributed by atoms with Gasteiger partial charge in [-0.15, -0.1) is 0 Å². The number of hydrogen-bond acceptors (Lipinski definition) is 12. The zero-order valence-electron chi connectivity index (χ0n) is 27.9. The van der Waals surface area contributed by atoms with Crippen molar-refractivity contribution in [3.63, 3.8) is 0 Å².